The molecule has 0 aliphatic carbocycles. The van der Waals surface area contributed by atoms with E-state index in [9.17, 15) is 0 Å². The molecular weight excluding hydrogens is 771 g/mol. The van der Waals surface area contributed by atoms with Crippen LogP contribution in [0, 0.1) is 0 Å². The minimum absolute atomic E-state index is 0.566. The number of benzene rings is 9. The van der Waals surface area contributed by atoms with Gasteiger partial charge in [-0.3, -0.25) is 4.57 Å². The molecule has 13 aromatic rings. The number of aromatic nitrogens is 5. The summed E-state index contributed by atoms with van der Waals surface area (Å²) < 4.78 is 11.1. The van der Waals surface area contributed by atoms with Crippen molar-refractivity contribution < 1.29 is 4.42 Å². The van der Waals surface area contributed by atoms with Crippen molar-refractivity contribution in [3.63, 3.8) is 0 Å². The number of fused-ring (bicyclic) bond motifs is 9. The Kier molecular flexibility index (Phi) is 7.80. The zero-order valence-corrected chi connectivity index (χ0v) is 33.9. The molecule has 0 saturated carbocycles. The zero-order chi connectivity index (χ0) is 41.4. The van der Waals surface area contributed by atoms with E-state index in [4.69, 9.17) is 19.4 Å². The Morgan fingerprint density at radius 3 is 1.60 bits per heavy atom. The molecule has 0 spiro atoms. The highest BCUT2D eigenvalue weighted by Gasteiger charge is 2.20. The summed E-state index contributed by atoms with van der Waals surface area (Å²) in [6, 6.07) is 74.5. The Morgan fingerprint density at radius 2 is 0.873 bits per heavy atom. The van der Waals surface area contributed by atoms with Gasteiger partial charge in [0.1, 0.15) is 11.2 Å². The molecule has 9 aromatic carbocycles. The molecule has 0 N–H and O–H groups in total. The van der Waals surface area contributed by atoms with Crippen LogP contribution in [-0.2, 0) is 0 Å². The van der Waals surface area contributed by atoms with E-state index in [-0.39, 0.29) is 0 Å². The van der Waals surface area contributed by atoms with Gasteiger partial charge in [0.25, 0.3) is 0 Å². The van der Waals surface area contributed by atoms with Gasteiger partial charge in [-0.2, -0.15) is 9.97 Å². The maximum atomic E-state index is 6.58. The summed E-state index contributed by atoms with van der Waals surface area (Å²) in [5, 5.41) is 6.87. The highest BCUT2D eigenvalue weighted by atomic mass is 16.3. The van der Waals surface area contributed by atoms with Crippen LogP contribution in [0.25, 0.3) is 122 Å². The van der Waals surface area contributed by atoms with Crippen LogP contribution in [-0.4, -0.2) is 24.1 Å². The smallest absolute Gasteiger partial charge is 0.238 e. The molecule has 6 nitrogen and oxygen atoms in total. The van der Waals surface area contributed by atoms with E-state index in [1.54, 1.807) is 0 Å². The van der Waals surface area contributed by atoms with E-state index in [2.05, 4.69) is 161 Å². The molecule has 13 rings (SSSR count). The van der Waals surface area contributed by atoms with Gasteiger partial charge in [0, 0.05) is 49.1 Å². The van der Waals surface area contributed by atoms with Gasteiger partial charge in [-0.25, -0.2) is 4.98 Å². The second-order valence-corrected chi connectivity index (χ2v) is 16.0. The Hall–Kier alpha value is -8.61. The second kappa shape index (κ2) is 14.0. The lowest BCUT2D eigenvalue weighted by Gasteiger charge is -2.11. The third-order valence-corrected chi connectivity index (χ3v) is 12.4. The summed E-state index contributed by atoms with van der Waals surface area (Å²) in [5.41, 5.74) is 13.6. The molecule has 0 atom stereocenters. The van der Waals surface area contributed by atoms with Crippen LogP contribution in [0.4, 0.5) is 0 Å². The molecule has 0 amide bonds. The van der Waals surface area contributed by atoms with E-state index in [0.717, 1.165) is 82.8 Å². The van der Waals surface area contributed by atoms with Crippen LogP contribution < -0.4 is 0 Å². The van der Waals surface area contributed by atoms with Crippen molar-refractivity contribution >= 4 is 65.6 Å². The molecule has 0 radical (unpaired) electrons. The monoisotopic (exact) mass is 805 g/mol. The number of hydrogen-bond donors (Lipinski definition) is 0. The zero-order valence-electron chi connectivity index (χ0n) is 33.9. The molecule has 6 heteroatoms. The Balaban J connectivity index is 0.986. The molecule has 63 heavy (non-hydrogen) atoms. The molecular formula is C57H35N5O. The van der Waals surface area contributed by atoms with Crippen molar-refractivity contribution in [3.8, 4) is 56.7 Å². The average Bonchev–Trinajstić information content (AvgIpc) is 4.01. The molecule has 0 aliphatic heterocycles. The van der Waals surface area contributed by atoms with Crippen LogP contribution in [0.1, 0.15) is 0 Å². The summed E-state index contributed by atoms with van der Waals surface area (Å²) >= 11 is 0. The Morgan fingerprint density at radius 1 is 0.317 bits per heavy atom. The van der Waals surface area contributed by atoms with Crippen molar-refractivity contribution in [2.45, 2.75) is 0 Å². The third kappa shape index (κ3) is 5.62. The van der Waals surface area contributed by atoms with Gasteiger partial charge in [0.15, 0.2) is 11.6 Å². The first kappa shape index (κ1) is 35.2. The number of para-hydroxylation sites is 3. The van der Waals surface area contributed by atoms with E-state index in [0.29, 0.717) is 17.6 Å². The number of rotatable bonds is 6. The molecule has 0 unspecified atom stereocenters. The lowest BCUT2D eigenvalue weighted by atomic mass is 9.96. The third-order valence-electron chi connectivity index (χ3n) is 12.4. The van der Waals surface area contributed by atoms with Crippen LogP contribution in [0.5, 0.6) is 0 Å². The number of nitrogens with zero attached hydrogens (tertiary/aromatic N) is 5. The van der Waals surface area contributed by atoms with Crippen molar-refractivity contribution in [2.24, 2.45) is 0 Å². The van der Waals surface area contributed by atoms with Crippen molar-refractivity contribution in [1.82, 2.24) is 24.1 Å². The minimum Gasteiger partial charge on any atom is -0.456 e. The predicted molar refractivity (Wildman–Crippen MR) is 258 cm³/mol. The number of hydrogen-bond acceptors (Lipinski definition) is 4. The van der Waals surface area contributed by atoms with Gasteiger partial charge < -0.3 is 8.98 Å². The molecule has 4 aromatic heterocycles. The highest BCUT2D eigenvalue weighted by molar-refractivity contribution is 6.16. The summed E-state index contributed by atoms with van der Waals surface area (Å²) in [6.45, 7) is 0. The summed E-state index contributed by atoms with van der Waals surface area (Å²) in [7, 11) is 0. The van der Waals surface area contributed by atoms with Gasteiger partial charge in [0.05, 0.1) is 22.1 Å². The van der Waals surface area contributed by atoms with Crippen LogP contribution in [0.3, 0.4) is 0 Å². The molecule has 4 heterocycles. The van der Waals surface area contributed by atoms with Gasteiger partial charge in [0.2, 0.25) is 5.95 Å². The molecule has 0 bridgehead atoms. The quantitative estimate of drug-likeness (QED) is 0.168. The largest absolute Gasteiger partial charge is 0.456 e. The van der Waals surface area contributed by atoms with Gasteiger partial charge in [-0.05, 0) is 82.9 Å². The van der Waals surface area contributed by atoms with E-state index >= 15 is 0 Å². The summed E-state index contributed by atoms with van der Waals surface area (Å²) in [6.07, 6.45) is 0. The first-order valence-electron chi connectivity index (χ1n) is 21.2. The fourth-order valence-electron chi connectivity index (χ4n) is 9.51. The summed E-state index contributed by atoms with van der Waals surface area (Å²) in [4.78, 5) is 15.3. The van der Waals surface area contributed by atoms with Gasteiger partial charge in [-0.1, -0.05) is 152 Å². The lowest BCUT2D eigenvalue weighted by Crippen LogP contribution is -2.06. The SMILES string of the molecule is c1ccc(-c2nc(-c3ccccc3)nc(-n3c4ccccc4c4ccc(-c5ccc6oc7cccc(-c8ccc9c(c8)c8ccccc8n9-c8ccccc8)c7c6c5)cc43)n2)cc1. The molecule has 0 saturated heterocycles. The second-order valence-electron chi connectivity index (χ2n) is 16.0. The predicted octanol–water partition coefficient (Wildman–Crippen LogP) is 14.6. The van der Waals surface area contributed by atoms with Crippen LogP contribution in [0.2, 0.25) is 0 Å². The number of furan rings is 1. The van der Waals surface area contributed by atoms with Crippen LogP contribution >= 0.6 is 0 Å². The van der Waals surface area contributed by atoms with Crippen molar-refractivity contribution in [3.05, 3.63) is 212 Å². The summed E-state index contributed by atoms with van der Waals surface area (Å²) in [5.74, 6) is 1.81. The lowest BCUT2D eigenvalue weighted by molar-refractivity contribution is 0.669. The standard InChI is InChI=1S/C57H35N5O/c1-4-15-36(16-5-1)55-58-56(37-17-6-2-7-18-37)60-57(59-55)62-49-25-13-10-21-43(49)45-30-27-39(35-51(45)62)38-29-32-52-47(33-38)54-42(23-14-26-53(54)63-52)40-28-31-50-46(34-40)44-22-11-12-24-48(44)61(50)41-19-8-3-9-20-41/h1-35H. The van der Waals surface area contributed by atoms with E-state index in [1.807, 2.05) is 60.7 Å². The average molecular weight is 806 g/mol. The maximum absolute atomic E-state index is 6.58. The first-order chi connectivity index (χ1) is 31.2. The fraction of sp³-hybridized carbons (Fsp3) is 0. The Bertz CT molecular complexity index is 3850. The van der Waals surface area contributed by atoms with E-state index < -0.39 is 0 Å². The Labute approximate surface area is 361 Å². The fourth-order valence-corrected chi connectivity index (χ4v) is 9.51. The van der Waals surface area contributed by atoms with Gasteiger partial charge in [-0.15, -0.1) is 0 Å². The topological polar surface area (TPSA) is 61.7 Å². The maximum Gasteiger partial charge on any atom is 0.238 e. The first-order valence-corrected chi connectivity index (χ1v) is 21.2. The molecule has 0 aliphatic rings. The highest BCUT2D eigenvalue weighted by Crippen LogP contribution is 2.42. The molecule has 0 fully saturated rings. The normalized spacial score (nSPS) is 11.8. The van der Waals surface area contributed by atoms with Gasteiger partial charge >= 0.3 is 0 Å². The van der Waals surface area contributed by atoms with Crippen molar-refractivity contribution in [1.29, 1.82) is 0 Å². The molecule has 294 valence electrons. The minimum atomic E-state index is 0.566. The van der Waals surface area contributed by atoms with E-state index in [1.165, 1.54) is 21.8 Å². The van der Waals surface area contributed by atoms with Crippen molar-refractivity contribution in [2.75, 3.05) is 0 Å². The van der Waals surface area contributed by atoms with Crippen LogP contribution in [0.15, 0.2) is 217 Å².